The number of ether oxygens (including phenoxy) is 1. The molecule has 0 aliphatic heterocycles. The van der Waals surface area contributed by atoms with Gasteiger partial charge in [-0.25, -0.2) is 0 Å². The number of hydrogen-bond acceptors (Lipinski definition) is 3. The van der Waals surface area contributed by atoms with Crippen LogP contribution in [0.2, 0.25) is 0 Å². The van der Waals surface area contributed by atoms with E-state index in [4.69, 9.17) is 5.11 Å². The Morgan fingerprint density at radius 1 is 1.58 bits per heavy atom. The van der Waals surface area contributed by atoms with E-state index in [1.54, 1.807) is 0 Å². The molecule has 0 bridgehead atoms. The number of hydrogen-bond donors (Lipinski definition) is 1. The zero-order valence-corrected chi connectivity index (χ0v) is 6.95. The molecule has 0 aromatic carbocycles. The average Bonchev–Trinajstić information content (AvgIpc) is 2.69. The van der Waals surface area contributed by atoms with Crippen LogP contribution in [-0.4, -0.2) is 23.7 Å². The second-order valence-electron chi connectivity index (χ2n) is 3.08. The van der Waals surface area contributed by atoms with Crippen molar-refractivity contribution in [2.75, 3.05) is 6.61 Å². The van der Waals surface area contributed by atoms with E-state index in [-0.39, 0.29) is 12.5 Å². The van der Waals surface area contributed by atoms with Crippen molar-refractivity contribution in [3.05, 3.63) is 0 Å². The summed E-state index contributed by atoms with van der Waals surface area (Å²) in [7, 11) is 0. The zero-order valence-electron chi connectivity index (χ0n) is 6.95. The maximum absolute atomic E-state index is 10.6. The van der Waals surface area contributed by atoms with Crippen LogP contribution in [0.4, 0.5) is 0 Å². The van der Waals surface area contributed by atoms with Gasteiger partial charge in [0.2, 0.25) is 0 Å². The van der Waals surface area contributed by atoms with Crippen LogP contribution in [0.5, 0.6) is 0 Å². The minimum Gasteiger partial charge on any atom is -0.481 e. The number of esters is 1. The molecule has 1 rings (SSSR count). The molecule has 0 amide bonds. The standard InChI is InChI=1S/C8H12O4/c1-5(9)12-4-7(8(10)11)6-2-3-6/h6-7H,2-4H2,1H3,(H,10,11). The number of aliphatic carboxylic acids is 1. The topological polar surface area (TPSA) is 63.6 Å². The first-order chi connectivity index (χ1) is 5.61. The Morgan fingerprint density at radius 3 is 2.50 bits per heavy atom. The number of carboxylic acid groups (broad SMARTS) is 1. The van der Waals surface area contributed by atoms with Crippen molar-refractivity contribution < 1.29 is 19.4 Å². The molecule has 1 unspecified atom stereocenters. The van der Waals surface area contributed by atoms with Gasteiger partial charge in [-0.1, -0.05) is 0 Å². The average molecular weight is 172 g/mol. The fourth-order valence-corrected chi connectivity index (χ4v) is 1.11. The van der Waals surface area contributed by atoms with Gasteiger partial charge in [0.05, 0.1) is 5.92 Å². The predicted molar refractivity (Wildman–Crippen MR) is 40.5 cm³/mol. The van der Waals surface area contributed by atoms with Gasteiger partial charge in [-0.05, 0) is 18.8 Å². The summed E-state index contributed by atoms with van der Waals surface area (Å²) in [5.74, 6) is -1.55. The smallest absolute Gasteiger partial charge is 0.310 e. The first kappa shape index (κ1) is 9.03. The molecule has 1 saturated carbocycles. The van der Waals surface area contributed by atoms with Gasteiger partial charge in [-0.3, -0.25) is 9.59 Å². The van der Waals surface area contributed by atoms with Crippen molar-refractivity contribution in [1.29, 1.82) is 0 Å². The minimum atomic E-state index is -0.862. The van der Waals surface area contributed by atoms with Crippen LogP contribution in [0.15, 0.2) is 0 Å². The lowest BCUT2D eigenvalue weighted by atomic mass is 10.1. The maximum atomic E-state index is 10.6. The summed E-state index contributed by atoms with van der Waals surface area (Å²) in [6.07, 6.45) is 1.89. The van der Waals surface area contributed by atoms with Crippen molar-refractivity contribution in [2.45, 2.75) is 19.8 Å². The van der Waals surface area contributed by atoms with E-state index in [0.717, 1.165) is 12.8 Å². The predicted octanol–water partition coefficient (Wildman–Crippen LogP) is 0.660. The van der Waals surface area contributed by atoms with E-state index in [2.05, 4.69) is 4.74 Å². The van der Waals surface area contributed by atoms with Gasteiger partial charge in [-0.15, -0.1) is 0 Å². The van der Waals surface area contributed by atoms with Crippen molar-refractivity contribution in [1.82, 2.24) is 0 Å². The molecule has 68 valence electrons. The third kappa shape index (κ3) is 2.53. The lowest BCUT2D eigenvalue weighted by Crippen LogP contribution is -2.22. The summed E-state index contributed by atoms with van der Waals surface area (Å²) < 4.78 is 4.65. The quantitative estimate of drug-likeness (QED) is 0.633. The van der Waals surface area contributed by atoms with E-state index in [0.29, 0.717) is 0 Å². The monoisotopic (exact) mass is 172 g/mol. The second-order valence-corrected chi connectivity index (χ2v) is 3.08. The zero-order chi connectivity index (χ0) is 9.14. The molecule has 0 aromatic heterocycles. The van der Waals surface area contributed by atoms with Crippen LogP contribution in [0.3, 0.4) is 0 Å². The Bertz CT molecular complexity index is 195. The SMILES string of the molecule is CC(=O)OCC(C(=O)O)C1CC1. The molecule has 1 atom stereocenters. The van der Waals surface area contributed by atoms with Gasteiger partial charge in [0.1, 0.15) is 6.61 Å². The normalized spacial score (nSPS) is 18.4. The van der Waals surface area contributed by atoms with Crippen LogP contribution in [0.25, 0.3) is 0 Å². The second kappa shape index (κ2) is 3.56. The van der Waals surface area contributed by atoms with Crippen molar-refractivity contribution >= 4 is 11.9 Å². The maximum Gasteiger partial charge on any atom is 0.310 e. The van der Waals surface area contributed by atoms with Gasteiger partial charge >= 0.3 is 11.9 Å². The molecule has 1 aliphatic carbocycles. The van der Waals surface area contributed by atoms with Crippen LogP contribution >= 0.6 is 0 Å². The molecule has 1 aliphatic rings. The lowest BCUT2D eigenvalue weighted by Gasteiger charge is -2.09. The molecule has 1 N–H and O–H groups in total. The molecule has 4 nitrogen and oxygen atoms in total. The highest BCUT2D eigenvalue weighted by atomic mass is 16.5. The van der Waals surface area contributed by atoms with E-state index >= 15 is 0 Å². The van der Waals surface area contributed by atoms with Crippen molar-refractivity contribution in [3.63, 3.8) is 0 Å². The molecule has 1 fully saturated rings. The van der Waals surface area contributed by atoms with Gasteiger partial charge in [0, 0.05) is 6.92 Å². The fourth-order valence-electron chi connectivity index (χ4n) is 1.11. The van der Waals surface area contributed by atoms with Crippen LogP contribution < -0.4 is 0 Å². The summed E-state index contributed by atoms with van der Waals surface area (Å²) in [5.41, 5.74) is 0. The third-order valence-electron chi connectivity index (χ3n) is 1.97. The summed E-state index contributed by atoms with van der Waals surface area (Å²) >= 11 is 0. The molecule has 0 saturated heterocycles. The van der Waals surface area contributed by atoms with E-state index < -0.39 is 17.9 Å². The Morgan fingerprint density at radius 2 is 2.17 bits per heavy atom. The molecular weight excluding hydrogens is 160 g/mol. The molecule has 12 heavy (non-hydrogen) atoms. The van der Waals surface area contributed by atoms with Gasteiger partial charge in [0.15, 0.2) is 0 Å². The summed E-state index contributed by atoms with van der Waals surface area (Å²) in [4.78, 5) is 21.0. The Labute approximate surface area is 70.5 Å². The van der Waals surface area contributed by atoms with Crippen LogP contribution in [0, 0.1) is 11.8 Å². The van der Waals surface area contributed by atoms with Crippen LogP contribution in [0.1, 0.15) is 19.8 Å². The first-order valence-corrected chi connectivity index (χ1v) is 3.97. The first-order valence-electron chi connectivity index (χ1n) is 3.97. The summed E-state index contributed by atoms with van der Waals surface area (Å²) in [6.45, 7) is 1.31. The Hall–Kier alpha value is -1.06. The highest BCUT2D eigenvalue weighted by molar-refractivity contribution is 5.72. The minimum absolute atomic E-state index is 0.0231. The van der Waals surface area contributed by atoms with Gasteiger partial charge in [-0.2, -0.15) is 0 Å². The highest BCUT2D eigenvalue weighted by Gasteiger charge is 2.36. The van der Waals surface area contributed by atoms with E-state index in [9.17, 15) is 9.59 Å². The van der Waals surface area contributed by atoms with Crippen molar-refractivity contribution in [3.8, 4) is 0 Å². The number of carbonyl (C=O) groups is 2. The molecule has 0 radical (unpaired) electrons. The molecule has 0 aromatic rings. The van der Waals surface area contributed by atoms with Gasteiger partial charge in [0.25, 0.3) is 0 Å². The number of carbonyl (C=O) groups excluding carboxylic acids is 1. The van der Waals surface area contributed by atoms with Crippen molar-refractivity contribution in [2.24, 2.45) is 11.8 Å². The highest BCUT2D eigenvalue weighted by Crippen LogP contribution is 2.37. The number of carboxylic acids is 1. The van der Waals surface area contributed by atoms with Crippen LogP contribution in [-0.2, 0) is 14.3 Å². The number of rotatable bonds is 4. The largest absolute Gasteiger partial charge is 0.481 e. The van der Waals surface area contributed by atoms with E-state index in [1.807, 2.05) is 0 Å². The fraction of sp³-hybridized carbons (Fsp3) is 0.750. The molecular formula is C8H12O4. The van der Waals surface area contributed by atoms with Gasteiger partial charge < -0.3 is 9.84 Å². The Kier molecular flexibility index (Phi) is 2.68. The van der Waals surface area contributed by atoms with E-state index in [1.165, 1.54) is 6.92 Å². The Balaban J connectivity index is 2.33. The summed E-state index contributed by atoms with van der Waals surface area (Å²) in [6, 6.07) is 0. The molecule has 0 spiro atoms. The third-order valence-corrected chi connectivity index (χ3v) is 1.97. The molecule has 0 heterocycles. The lowest BCUT2D eigenvalue weighted by molar-refractivity contribution is -0.150. The summed E-state index contributed by atoms with van der Waals surface area (Å²) in [5, 5.41) is 8.71. The molecule has 4 heteroatoms.